The van der Waals surface area contributed by atoms with Crippen molar-refractivity contribution in [3.8, 4) is 0 Å². The van der Waals surface area contributed by atoms with Gasteiger partial charge in [-0.25, -0.2) is 0 Å². The van der Waals surface area contributed by atoms with Crippen LogP contribution >= 0.6 is 8.60 Å². The maximum atomic E-state index is 13.5. The zero-order valence-electron chi connectivity index (χ0n) is 21.6. The molecule has 1 aromatic carbocycles. The summed E-state index contributed by atoms with van der Waals surface area (Å²) >= 11 is 0. The second-order valence-electron chi connectivity index (χ2n) is 8.17. The van der Waals surface area contributed by atoms with Crippen molar-refractivity contribution in [2.75, 3.05) is 19.8 Å². The van der Waals surface area contributed by atoms with Crippen LogP contribution in [-0.2, 0) is 46.9 Å². The van der Waals surface area contributed by atoms with Gasteiger partial charge in [0.1, 0.15) is 18.8 Å². The Labute approximate surface area is 220 Å². The minimum absolute atomic E-state index is 0.126. The Morgan fingerprint density at radius 1 is 0.868 bits per heavy atom. The summed E-state index contributed by atoms with van der Waals surface area (Å²) in [7, 11) is -2.05. The fourth-order valence-electron chi connectivity index (χ4n) is 4.12. The Balaban J connectivity index is 2.12. The molecule has 2 heterocycles. The van der Waals surface area contributed by atoms with E-state index < -0.39 is 75.6 Å². The Morgan fingerprint density at radius 3 is 1.87 bits per heavy atom. The van der Waals surface area contributed by atoms with Gasteiger partial charge < -0.3 is 28.0 Å². The fourth-order valence-corrected chi connectivity index (χ4v) is 5.08. The Kier molecular flexibility index (Phi) is 10.3. The van der Waals surface area contributed by atoms with Crippen LogP contribution in [0.15, 0.2) is 24.3 Å². The van der Waals surface area contributed by atoms with E-state index >= 15 is 0 Å². The predicted molar refractivity (Wildman–Crippen MR) is 128 cm³/mol. The van der Waals surface area contributed by atoms with Crippen molar-refractivity contribution in [1.29, 1.82) is 0 Å². The van der Waals surface area contributed by atoms with Crippen molar-refractivity contribution in [2.24, 2.45) is 0 Å². The van der Waals surface area contributed by atoms with Crippen molar-refractivity contribution >= 4 is 38.3 Å². The van der Waals surface area contributed by atoms with E-state index in [1.165, 1.54) is 19.1 Å². The van der Waals surface area contributed by atoms with Crippen LogP contribution in [0.2, 0.25) is 0 Å². The Morgan fingerprint density at radius 2 is 1.39 bits per heavy atom. The quantitative estimate of drug-likeness (QED) is 0.170. The third kappa shape index (κ3) is 6.72. The van der Waals surface area contributed by atoms with E-state index in [9.17, 15) is 24.0 Å². The Hall–Kier alpha value is -2.96. The van der Waals surface area contributed by atoms with Crippen LogP contribution in [0.3, 0.4) is 0 Å². The summed E-state index contributed by atoms with van der Waals surface area (Å²) in [5.41, 5.74) is 0.251. The van der Waals surface area contributed by atoms with E-state index in [0.717, 1.165) is 18.7 Å². The van der Waals surface area contributed by atoms with E-state index in [2.05, 4.69) is 0 Å². The van der Waals surface area contributed by atoms with E-state index in [1.54, 1.807) is 26.0 Å². The first-order valence-corrected chi connectivity index (χ1v) is 13.0. The molecule has 38 heavy (non-hydrogen) atoms. The summed E-state index contributed by atoms with van der Waals surface area (Å²) < 4.78 is 39.2. The average Bonchev–Trinajstić information content (AvgIpc) is 3.09. The van der Waals surface area contributed by atoms with Gasteiger partial charge in [-0.15, -0.1) is 0 Å². The lowest BCUT2D eigenvalue weighted by atomic mass is 9.95. The summed E-state index contributed by atoms with van der Waals surface area (Å²) in [5, 5.41) is 0. The van der Waals surface area contributed by atoms with Crippen LogP contribution in [-0.4, -0.2) is 85.1 Å². The molecule has 0 spiro atoms. The first-order valence-electron chi connectivity index (χ1n) is 11.9. The number of nitrogens with zero attached hydrogens (tertiary/aromatic N) is 1. The number of esters is 3. The first-order chi connectivity index (χ1) is 18.1. The van der Waals surface area contributed by atoms with Crippen molar-refractivity contribution in [1.82, 2.24) is 4.90 Å². The monoisotopic (exact) mass is 555 g/mol. The molecular formula is C24H30NO12P. The van der Waals surface area contributed by atoms with Gasteiger partial charge in [0.25, 0.3) is 11.8 Å². The number of benzene rings is 1. The summed E-state index contributed by atoms with van der Waals surface area (Å²) in [5.74, 6) is -3.60. The van der Waals surface area contributed by atoms with Gasteiger partial charge in [-0.2, -0.15) is 0 Å². The molecule has 3 rings (SSSR count). The minimum atomic E-state index is -2.05. The number of rotatable bonds is 11. The lowest BCUT2D eigenvalue weighted by Gasteiger charge is -2.47. The molecular weight excluding hydrogens is 525 g/mol. The van der Waals surface area contributed by atoms with Gasteiger partial charge in [-0.1, -0.05) is 12.1 Å². The van der Waals surface area contributed by atoms with Gasteiger partial charge in [0.2, 0.25) is 0 Å². The second kappa shape index (κ2) is 13.2. The SMILES string of the molecule is CCOP(OCC)OC1O[C@H](COC(C)=O)[C@@H](OC(C)=O)[C@H](OC(C)=O)[C@H]1N1C(=O)c2ccccc2C1=O. The molecule has 14 heteroatoms. The molecule has 208 valence electrons. The van der Waals surface area contributed by atoms with Crippen LogP contribution in [0.1, 0.15) is 55.3 Å². The third-order valence-corrected chi connectivity index (χ3v) is 6.77. The highest BCUT2D eigenvalue weighted by atomic mass is 31.2. The molecule has 2 aliphatic heterocycles. The van der Waals surface area contributed by atoms with Crippen LogP contribution in [0.25, 0.3) is 0 Å². The first kappa shape index (κ1) is 29.6. The van der Waals surface area contributed by atoms with Crippen molar-refractivity contribution in [3.05, 3.63) is 35.4 Å². The highest BCUT2D eigenvalue weighted by Gasteiger charge is 2.58. The number of carbonyl (C=O) groups excluding carboxylic acids is 5. The van der Waals surface area contributed by atoms with Crippen molar-refractivity contribution in [3.63, 3.8) is 0 Å². The van der Waals surface area contributed by atoms with Crippen LogP contribution in [0.4, 0.5) is 0 Å². The largest absolute Gasteiger partial charge is 0.463 e. The number of imide groups is 1. The van der Waals surface area contributed by atoms with Gasteiger partial charge in [0.05, 0.1) is 24.3 Å². The fraction of sp³-hybridized carbons (Fsp3) is 0.542. The lowest BCUT2D eigenvalue weighted by Crippen LogP contribution is -2.67. The molecule has 0 aliphatic carbocycles. The van der Waals surface area contributed by atoms with Crippen LogP contribution in [0, 0.1) is 0 Å². The summed E-state index contributed by atoms with van der Waals surface area (Å²) in [6, 6.07) is 4.73. The molecule has 2 aliphatic rings. The zero-order chi connectivity index (χ0) is 28.0. The smallest absolute Gasteiger partial charge is 0.335 e. The minimum Gasteiger partial charge on any atom is -0.463 e. The predicted octanol–water partition coefficient (Wildman–Crippen LogP) is 2.12. The second-order valence-corrected chi connectivity index (χ2v) is 9.35. The van der Waals surface area contributed by atoms with E-state index in [1.807, 2.05) is 0 Å². The topological polar surface area (TPSA) is 153 Å². The maximum Gasteiger partial charge on any atom is 0.335 e. The van der Waals surface area contributed by atoms with Crippen LogP contribution < -0.4 is 0 Å². The summed E-state index contributed by atoms with van der Waals surface area (Å²) in [6.45, 7) is 6.83. The molecule has 0 N–H and O–H groups in total. The molecule has 0 saturated carbocycles. The molecule has 1 aromatic rings. The number of hydrogen-bond donors (Lipinski definition) is 0. The van der Waals surface area contributed by atoms with Gasteiger partial charge in [-0.05, 0) is 26.0 Å². The molecule has 1 saturated heterocycles. The number of fused-ring (bicyclic) bond motifs is 1. The standard InChI is InChI=1S/C24H30NO12P/c1-6-32-38(33-7-2)37-24-19(25-22(29)16-10-8-9-11-17(16)23(25)30)21(35-15(5)28)20(34-14(4)27)18(36-24)12-31-13(3)26/h8-11,18-21,24H,6-7,12H2,1-5H3/t18-,19-,20-,21-,24?/m1/s1. The summed E-state index contributed by atoms with van der Waals surface area (Å²) in [6.07, 6.45) is -5.53. The van der Waals surface area contributed by atoms with E-state index in [-0.39, 0.29) is 24.3 Å². The number of carbonyl (C=O) groups is 5. The molecule has 5 atom stereocenters. The normalized spacial score (nSPS) is 24.8. The lowest BCUT2D eigenvalue weighted by molar-refractivity contribution is -0.267. The highest BCUT2D eigenvalue weighted by Crippen LogP contribution is 2.45. The number of ether oxygens (including phenoxy) is 4. The molecule has 0 aromatic heterocycles. The van der Waals surface area contributed by atoms with Crippen molar-refractivity contribution < 1.29 is 56.5 Å². The zero-order valence-corrected chi connectivity index (χ0v) is 22.5. The van der Waals surface area contributed by atoms with Crippen LogP contribution in [0.5, 0.6) is 0 Å². The molecule has 13 nitrogen and oxygen atoms in total. The summed E-state index contributed by atoms with van der Waals surface area (Å²) in [4.78, 5) is 63.6. The molecule has 1 fully saturated rings. The van der Waals surface area contributed by atoms with Gasteiger partial charge >= 0.3 is 26.5 Å². The third-order valence-electron chi connectivity index (χ3n) is 5.45. The molecule has 2 amide bonds. The number of hydrogen-bond acceptors (Lipinski definition) is 12. The average molecular weight is 555 g/mol. The molecule has 1 unspecified atom stereocenters. The maximum absolute atomic E-state index is 13.5. The van der Waals surface area contributed by atoms with E-state index in [0.29, 0.717) is 0 Å². The van der Waals surface area contributed by atoms with Gasteiger partial charge in [-0.3, -0.25) is 33.4 Å². The highest BCUT2D eigenvalue weighted by molar-refractivity contribution is 7.41. The molecule has 0 radical (unpaired) electrons. The van der Waals surface area contributed by atoms with E-state index in [4.69, 9.17) is 32.5 Å². The Bertz CT molecular complexity index is 1020. The van der Waals surface area contributed by atoms with Gasteiger partial charge in [0, 0.05) is 20.8 Å². The van der Waals surface area contributed by atoms with Crippen molar-refractivity contribution in [2.45, 2.75) is 65.3 Å². The van der Waals surface area contributed by atoms with Gasteiger partial charge in [0.15, 0.2) is 18.5 Å². The number of amides is 2. The molecule has 0 bridgehead atoms.